The van der Waals surface area contributed by atoms with Gasteiger partial charge in [0.2, 0.25) is 10.0 Å². The Bertz CT molecular complexity index is 907. The number of benzene rings is 2. The van der Waals surface area contributed by atoms with E-state index in [4.69, 9.17) is 4.74 Å². The van der Waals surface area contributed by atoms with Crippen LogP contribution in [0.1, 0.15) is 5.56 Å². The van der Waals surface area contributed by atoms with Crippen LogP contribution in [0.15, 0.2) is 57.2 Å². The van der Waals surface area contributed by atoms with E-state index < -0.39 is 14.9 Å². The van der Waals surface area contributed by atoms with Gasteiger partial charge in [0, 0.05) is 24.1 Å². The minimum atomic E-state index is -3.77. The molecule has 3 rings (SSSR count). The van der Waals surface area contributed by atoms with Gasteiger partial charge in [-0.15, -0.1) is 0 Å². The summed E-state index contributed by atoms with van der Waals surface area (Å²) in [5, 5.41) is 11.5. The molecular weight excluding hydrogens is 376 g/mol. The molecule has 0 amide bonds. The maximum atomic E-state index is 12.7. The summed E-state index contributed by atoms with van der Waals surface area (Å²) in [4.78, 5) is 12.1. The quantitative estimate of drug-likeness (QED) is 0.572. The number of nitro benzene ring substituents is 1. The highest BCUT2D eigenvalue weighted by molar-refractivity contribution is 7.99. The average molecular weight is 394 g/mol. The van der Waals surface area contributed by atoms with Crippen LogP contribution in [0.2, 0.25) is 0 Å². The smallest absolute Gasteiger partial charge is 0.284 e. The fourth-order valence-electron chi connectivity index (χ4n) is 2.56. The highest BCUT2D eigenvalue weighted by atomic mass is 32.2. The van der Waals surface area contributed by atoms with Crippen LogP contribution in [0.4, 0.5) is 5.69 Å². The van der Waals surface area contributed by atoms with Crippen LogP contribution in [0.25, 0.3) is 0 Å². The van der Waals surface area contributed by atoms with Gasteiger partial charge in [0.25, 0.3) is 5.69 Å². The monoisotopic (exact) mass is 394 g/mol. The van der Waals surface area contributed by atoms with Crippen LogP contribution < -0.4 is 0 Å². The first-order valence-corrected chi connectivity index (χ1v) is 10.2. The standard InChI is InChI=1S/C17H18N2O5S2/c1-13-2-4-14(5-3-13)25-17-7-6-15(12-16(17)19(20)21)26(22,23)18-8-10-24-11-9-18/h2-7,12H,8-11H2,1H3. The second kappa shape index (κ2) is 7.75. The third kappa shape index (κ3) is 4.07. The van der Waals surface area contributed by atoms with E-state index >= 15 is 0 Å². The lowest BCUT2D eigenvalue weighted by atomic mass is 10.2. The predicted molar refractivity (Wildman–Crippen MR) is 98.0 cm³/mol. The molecule has 2 aromatic rings. The first kappa shape index (κ1) is 18.8. The van der Waals surface area contributed by atoms with E-state index in [0.29, 0.717) is 18.1 Å². The van der Waals surface area contributed by atoms with Crippen LogP contribution >= 0.6 is 11.8 Å². The fourth-order valence-corrected chi connectivity index (χ4v) is 4.88. The van der Waals surface area contributed by atoms with Gasteiger partial charge < -0.3 is 4.74 Å². The van der Waals surface area contributed by atoms with Gasteiger partial charge in [-0.3, -0.25) is 10.1 Å². The van der Waals surface area contributed by atoms with Crippen molar-refractivity contribution in [3.05, 3.63) is 58.1 Å². The maximum absolute atomic E-state index is 12.7. The third-order valence-electron chi connectivity index (χ3n) is 3.98. The van der Waals surface area contributed by atoms with Gasteiger partial charge in [0.1, 0.15) is 0 Å². The molecule has 0 bridgehead atoms. The first-order valence-electron chi connectivity index (χ1n) is 7.99. The number of hydrogen-bond donors (Lipinski definition) is 0. The van der Waals surface area contributed by atoms with Crippen LogP contribution in [0.5, 0.6) is 0 Å². The number of hydrogen-bond acceptors (Lipinski definition) is 6. The molecule has 0 radical (unpaired) electrons. The maximum Gasteiger partial charge on any atom is 0.284 e. The molecule has 0 saturated carbocycles. The van der Waals surface area contributed by atoms with E-state index in [1.54, 1.807) is 0 Å². The van der Waals surface area contributed by atoms with E-state index in [9.17, 15) is 18.5 Å². The Labute approximate surface area is 156 Å². The number of aryl methyl sites for hydroxylation is 1. The van der Waals surface area contributed by atoms with E-state index in [0.717, 1.165) is 16.5 Å². The summed E-state index contributed by atoms with van der Waals surface area (Å²) >= 11 is 1.24. The Morgan fingerprint density at radius 1 is 1.12 bits per heavy atom. The van der Waals surface area contributed by atoms with Crippen molar-refractivity contribution in [3.8, 4) is 0 Å². The Hall–Kier alpha value is -1.94. The van der Waals surface area contributed by atoms with Crippen molar-refractivity contribution in [2.45, 2.75) is 21.6 Å². The third-order valence-corrected chi connectivity index (χ3v) is 6.95. The zero-order valence-electron chi connectivity index (χ0n) is 14.1. The summed E-state index contributed by atoms with van der Waals surface area (Å²) in [6.45, 7) is 3.10. The Morgan fingerprint density at radius 2 is 1.77 bits per heavy atom. The van der Waals surface area contributed by atoms with Gasteiger partial charge in [0.05, 0.1) is 27.9 Å². The van der Waals surface area contributed by atoms with Gasteiger partial charge in [-0.25, -0.2) is 8.42 Å². The molecule has 2 aromatic carbocycles. The van der Waals surface area contributed by atoms with Crippen molar-refractivity contribution in [2.24, 2.45) is 0 Å². The number of nitrogens with zero attached hydrogens (tertiary/aromatic N) is 2. The highest BCUT2D eigenvalue weighted by Crippen LogP contribution is 2.36. The first-order chi connectivity index (χ1) is 12.4. The predicted octanol–water partition coefficient (Wildman–Crippen LogP) is 3.08. The van der Waals surface area contributed by atoms with Crippen molar-refractivity contribution in [3.63, 3.8) is 0 Å². The molecule has 9 heteroatoms. The second-order valence-electron chi connectivity index (χ2n) is 5.82. The van der Waals surface area contributed by atoms with Gasteiger partial charge in [-0.05, 0) is 31.2 Å². The molecule has 1 aliphatic heterocycles. The van der Waals surface area contributed by atoms with E-state index in [-0.39, 0.29) is 23.7 Å². The molecule has 0 aliphatic carbocycles. The molecule has 7 nitrogen and oxygen atoms in total. The lowest BCUT2D eigenvalue weighted by Crippen LogP contribution is -2.40. The van der Waals surface area contributed by atoms with E-state index in [1.165, 1.54) is 28.2 Å². The number of nitro groups is 1. The fraction of sp³-hybridized carbons (Fsp3) is 0.294. The lowest BCUT2D eigenvalue weighted by Gasteiger charge is -2.26. The minimum absolute atomic E-state index is 0.0700. The zero-order valence-corrected chi connectivity index (χ0v) is 15.8. The molecule has 26 heavy (non-hydrogen) atoms. The van der Waals surface area contributed by atoms with Gasteiger partial charge in [-0.2, -0.15) is 4.31 Å². The van der Waals surface area contributed by atoms with Crippen LogP contribution in [-0.4, -0.2) is 43.9 Å². The summed E-state index contributed by atoms with van der Waals surface area (Å²) in [6.07, 6.45) is 0. The summed E-state index contributed by atoms with van der Waals surface area (Å²) in [5.74, 6) is 0. The van der Waals surface area contributed by atoms with Gasteiger partial charge in [0.15, 0.2) is 0 Å². The van der Waals surface area contributed by atoms with Crippen molar-refractivity contribution < 1.29 is 18.1 Å². The molecule has 0 atom stereocenters. The molecule has 0 unspecified atom stereocenters. The molecule has 0 N–H and O–H groups in total. The van der Waals surface area contributed by atoms with Gasteiger partial charge >= 0.3 is 0 Å². The van der Waals surface area contributed by atoms with Gasteiger partial charge in [-0.1, -0.05) is 29.5 Å². The highest BCUT2D eigenvalue weighted by Gasteiger charge is 2.29. The molecule has 1 saturated heterocycles. The zero-order chi connectivity index (χ0) is 18.7. The molecule has 0 spiro atoms. The SMILES string of the molecule is Cc1ccc(Sc2ccc(S(=O)(=O)N3CCOCC3)cc2[N+](=O)[O-])cc1. The Morgan fingerprint density at radius 3 is 2.38 bits per heavy atom. The largest absolute Gasteiger partial charge is 0.379 e. The van der Waals surface area contributed by atoms with Crippen molar-refractivity contribution in [1.29, 1.82) is 0 Å². The molecule has 0 aromatic heterocycles. The number of ether oxygens (including phenoxy) is 1. The number of rotatable bonds is 5. The number of morpholine rings is 1. The summed E-state index contributed by atoms with van der Waals surface area (Å²) in [6, 6.07) is 11.7. The molecule has 1 heterocycles. The van der Waals surface area contributed by atoms with E-state index in [1.807, 2.05) is 31.2 Å². The molecule has 138 valence electrons. The molecular formula is C17H18N2O5S2. The minimum Gasteiger partial charge on any atom is -0.379 e. The van der Waals surface area contributed by atoms with Crippen molar-refractivity contribution in [1.82, 2.24) is 4.31 Å². The van der Waals surface area contributed by atoms with Crippen LogP contribution in [0, 0.1) is 17.0 Å². The van der Waals surface area contributed by atoms with Crippen molar-refractivity contribution >= 4 is 27.5 Å². The van der Waals surface area contributed by atoms with Crippen molar-refractivity contribution in [2.75, 3.05) is 26.3 Å². The van der Waals surface area contributed by atoms with E-state index in [2.05, 4.69) is 0 Å². The second-order valence-corrected chi connectivity index (χ2v) is 8.87. The Balaban J connectivity index is 1.93. The summed E-state index contributed by atoms with van der Waals surface area (Å²) in [7, 11) is -3.77. The summed E-state index contributed by atoms with van der Waals surface area (Å²) in [5.41, 5.74) is 0.876. The molecule has 1 aliphatic rings. The summed E-state index contributed by atoms with van der Waals surface area (Å²) < 4.78 is 31.9. The topological polar surface area (TPSA) is 89.8 Å². The van der Waals surface area contributed by atoms with Crippen LogP contribution in [0.3, 0.4) is 0 Å². The lowest BCUT2D eigenvalue weighted by molar-refractivity contribution is -0.388. The normalized spacial score (nSPS) is 15.7. The number of sulfonamides is 1. The average Bonchev–Trinajstić information content (AvgIpc) is 2.64. The Kier molecular flexibility index (Phi) is 5.61. The molecule has 1 fully saturated rings. The van der Waals surface area contributed by atoms with Crippen LogP contribution in [-0.2, 0) is 14.8 Å².